The third-order valence-corrected chi connectivity index (χ3v) is 5.94. The van der Waals surface area contributed by atoms with Crippen LogP contribution >= 0.6 is 0 Å². The van der Waals surface area contributed by atoms with Crippen molar-refractivity contribution in [2.24, 2.45) is 0 Å². The summed E-state index contributed by atoms with van der Waals surface area (Å²) < 4.78 is 22.2. The molecule has 2 aromatic carbocycles. The largest absolute Gasteiger partial charge is 0.508 e. The third kappa shape index (κ3) is 2.54. The molecule has 5 rings (SSSR count). The van der Waals surface area contributed by atoms with Crippen molar-refractivity contribution in [3.8, 4) is 23.0 Å². The molecule has 1 aliphatic rings. The highest BCUT2D eigenvalue weighted by molar-refractivity contribution is 5.91. The van der Waals surface area contributed by atoms with E-state index in [4.69, 9.17) is 18.3 Å². The zero-order valence-electron chi connectivity index (χ0n) is 17.3. The summed E-state index contributed by atoms with van der Waals surface area (Å²) in [6, 6.07) is 5.75. The van der Waals surface area contributed by atoms with Crippen LogP contribution in [-0.4, -0.2) is 28.7 Å². The van der Waals surface area contributed by atoms with E-state index in [1.165, 1.54) is 31.4 Å². The van der Waals surface area contributed by atoms with E-state index in [9.17, 15) is 24.9 Å². The molecule has 164 valence electrons. The summed E-state index contributed by atoms with van der Waals surface area (Å²) in [6.07, 6.45) is -1.13. The average molecular weight is 438 g/mol. The molecular formula is C23H18O9. The quantitative estimate of drug-likeness (QED) is 0.403. The first kappa shape index (κ1) is 20.0. The van der Waals surface area contributed by atoms with Crippen molar-refractivity contribution in [1.82, 2.24) is 0 Å². The SMILES string of the molecule is COC1Oc2c(c(=O)oc3c(C)c(O)ccc23)C1c1c(O)c2ccc(O)c(C)c2oc1=O. The molecular weight excluding hydrogens is 420 g/mol. The van der Waals surface area contributed by atoms with Gasteiger partial charge in [0.15, 0.2) is 0 Å². The number of aryl methyl sites for hydroxylation is 2. The van der Waals surface area contributed by atoms with E-state index in [0.717, 1.165) is 0 Å². The number of phenolic OH excluding ortho intramolecular Hbond substituents is 2. The maximum atomic E-state index is 13.0. The molecule has 0 saturated carbocycles. The maximum absolute atomic E-state index is 13.0. The van der Waals surface area contributed by atoms with Gasteiger partial charge in [-0.3, -0.25) is 0 Å². The van der Waals surface area contributed by atoms with Crippen molar-refractivity contribution in [2.75, 3.05) is 7.11 Å². The smallest absolute Gasteiger partial charge is 0.344 e. The number of phenols is 2. The summed E-state index contributed by atoms with van der Waals surface area (Å²) in [4.78, 5) is 26.0. The maximum Gasteiger partial charge on any atom is 0.344 e. The predicted octanol–water partition coefficient (Wildman–Crippen LogP) is 3.13. The summed E-state index contributed by atoms with van der Waals surface area (Å²) in [5, 5.41) is 31.5. The van der Waals surface area contributed by atoms with E-state index >= 15 is 0 Å². The summed E-state index contributed by atoms with van der Waals surface area (Å²) in [5.41, 5.74) is -1.13. The van der Waals surface area contributed by atoms with Crippen LogP contribution in [0.15, 0.2) is 42.7 Å². The number of benzene rings is 2. The van der Waals surface area contributed by atoms with E-state index in [1.54, 1.807) is 13.8 Å². The fourth-order valence-corrected chi connectivity index (χ4v) is 4.22. The van der Waals surface area contributed by atoms with E-state index < -0.39 is 29.2 Å². The van der Waals surface area contributed by atoms with Crippen molar-refractivity contribution in [3.05, 3.63) is 67.4 Å². The molecule has 3 heterocycles. The standard InChI is InChI=1S/C23H18O9/c1-8-12(24)6-4-10-17(26)15(21(27)30-18(8)10)14-16-20(32-23(14)29-3)11-5-7-13(25)9(2)19(11)31-22(16)28/h4-7,14,23-26H,1-3H3. The van der Waals surface area contributed by atoms with Crippen molar-refractivity contribution in [2.45, 2.75) is 26.1 Å². The number of hydrogen-bond donors (Lipinski definition) is 3. The van der Waals surface area contributed by atoms with Crippen LogP contribution in [0.4, 0.5) is 0 Å². The summed E-state index contributed by atoms with van der Waals surface area (Å²) in [7, 11) is 1.34. The van der Waals surface area contributed by atoms with E-state index in [2.05, 4.69) is 0 Å². The minimum Gasteiger partial charge on any atom is -0.508 e. The lowest BCUT2D eigenvalue weighted by molar-refractivity contribution is -0.0472. The third-order valence-electron chi connectivity index (χ3n) is 5.94. The molecule has 3 N–H and O–H groups in total. The Morgan fingerprint density at radius 1 is 0.812 bits per heavy atom. The highest BCUT2D eigenvalue weighted by Gasteiger charge is 2.44. The molecule has 0 saturated heterocycles. The lowest BCUT2D eigenvalue weighted by atomic mass is 9.91. The second-order valence-corrected chi connectivity index (χ2v) is 7.66. The molecule has 1 aliphatic heterocycles. The van der Waals surface area contributed by atoms with Gasteiger partial charge in [-0.25, -0.2) is 9.59 Å². The molecule has 0 amide bonds. The number of rotatable bonds is 2. The van der Waals surface area contributed by atoms with Crippen LogP contribution in [0.25, 0.3) is 21.9 Å². The van der Waals surface area contributed by atoms with Crippen LogP contribution in [-0.2, 0) is 4.74 Å². The summed E-state index contributed by atoms with van der Waals surface area (Å²) in [5.74, 6) is -1.56. The first-order valence-corrected chi connectivity index (χ1v) is 9.71. The fraction of sp³-hybridized carbons (Fsp3) is 0.217. The Morgan fingerprint density at radius 2 is 1.34 bits per heavy atom. The number of hydrogen-bond acceptors (Lipinski definition) is 9. The van der Waals surface area contributed by atoms with Crippen LogP contribution in [0.3, 0.4) is 0 Å². The highest BCUT2D eigenvalue weighted by Crippen LogP contribution is 2.47. The van der Waals surface area contributed by atoms with Gasteiger partial charge >= 0.3 is 11.3 Å². The van der Waals surface area contributed by atoms with Crippen molar-refractivity contribution >= 4 is 21.9 Å². The van der Waals surface area contributed by atoms with E-state index in [0.29, 0.717) is 10.9 Å². The van der Waals surface area contributed by atoms with Gasteiger partial charge in [-0.2, -0.15) is 0 Å². The molecule has 0 aliphatic carbocycles. The molecule has 4 aromatic rings. The molecule has 0 fully saturated rings. The second kappa shape index (κ2) is 6.76. The lowest BCUT2D eigenvalue weighted by Gasteiger charge is -2.18. The molecule has 32 heavy (non-hydrogen) atoms. The molecule has 9 nitrogen and oxygen atoms in total. The minimum absolute atomic E-state index is 0.00751. The van der Waals surface area contributed by atoms with Crippen LogP contribution in [0.2, 0.25) is 0 Å². The second-order valence-electron chi connectivity index (χ2n) is 7.66. The van der Waals surface area contributed by atoms with Gasteiger partial charge < -0.3 is 33.6 Å². The monoisotopic (exact) mass is 438 g/mol. The van der Waals surface area contributed by atoms with Gasteiger partial charge in [0.05, 0.1) is 27.8 Å². The summed E-state index contributed by atoms with van der Waals surface area (Å²) >= 11 is 0. The van der Waals surface area contributed by atoms with Crippen LogP contribution in [0.1, 0.15) is 28.2 Å². The van der Waals surface area contributed by atoms with Gasteiger partial charge in [-0.15, -0.1) is 0 Å². The van der Waals surface area contributed by atoms with Gasteiger partial charge in [0.1, 0.15) is 34.2 Å². The summed E-state index contributed by atoms with van der Waals surface area (Å²) in [6.45, 7) is 3.14. The van der Waals surface area contributed by atoms with Gasteiger partial charge in [-0.1, -0.05) is 0 Å². The molecule has 0 spiro atoms. The Kier molecular flexibility index (Phi) is 4.22. The first-order valence-electron chi connectivity index (χ1n) is 9.71. The Balaban J connectivity index is 1.85. The molecule has 0 radical (unpaired) electrons. The molecule has 2 unspecified atom stereocenters. The number of ether oxygens (including phenoxy) is 2. The average Bonchev–Trinajstić information content (AvgIpc) is 3.14. The van der Waals surface area contributed by atoms with Crippen LogP contribution in [0.5, 0.6) is 23.0 Å². The Bertz CT molecular complexity index is 1540. The number of fused-ring (bicyclic) bond motifs is 4. The van der Waals surface area contributed by atoms with Gasteiger partial charge in [0, 0.05) is 18.2 Å². The number of aromatic hydroxyl groups is 3. The van der Waals surface area contributed by atoms with Gasteiger partial charge in [0.2, 0.25) is 6.29 Å². The molecule has 9 heteroatoms. The zero-order valence-corrected chi connectivity index (χ0v) is 17.3. The van der Waals surface area contributed by atoms with Gasteiger partial charge in [0.25, 0.3) is 0 Å². The van der Waals surface area contributed by atoms with E-state index in [1.807, 2.05) is 0 Å². The van der Waals surface area contributed by atoms with Crippen molar-refractivity contribution in [3.63, 3.8) is 0 Å². The highest BCUT2D eigenvalue weighted by atomic mass is 16.7. The van der Waals surface area contributed by atoms with Crippen LogP contribution in [0, 0.1) is 13.8 Å². The predicted molar refractivity (Wildman–Crippen MR) is 113 cm³/mol. The normalized spacial score (nSPS) is 17.6. The van der Waals surface area contributed by atoms with Crippen molar-refractivity contribution < 1.29 is 33.6 Å². The fourth-order valence-electron chi connectivity index (χ4n) is 4.22. The Labute approximate surface area is 179 Å². The first-order chi connectivity index (χ1) is 15.2. The van der Waals surface area contributed by atoms with Crippen LogP contribution < -0.4 is 16.0 Å². The zero-order chi connectivity index (χ0) is 22.9. The Hall–Kier alpha value is -3.98. The van der Waals surface area contributed by atoms with Crippen molar-refractivity contribution in [1.29, 1.82) is 0 Å². The molecule has 2 aromatic heterocycles. The van der Waals surface area contributed by atoms with E-state index in [-0.39, 0.29) is 50.5 Å². The minimum atomic E-state index is -1.14. The Morgan fingerprint density at radius 3 is 1.94 bits per heavy atom. The molecule has 2 atom stereocenters. The topological polar surface area (TPSA) is 140 Å². The van der Waals surface area contributed by atoms with Gasteiger partial charge in [-0.05, 0) is 38.1 Å². The molecule has 0 bridgehead atoms. The number of methoxy groups -OCH3 is 1. The lowest BCUT2D eigenvalue weighted by Crippen LogP contribution is -2.28.